The fourth-order valence-electron chi connectivity index (χ4n) is 5.48. The first-order valence-electron chi connectivity index (χ1n) is 12.0. The maximum atomic E-state index is 13.6. The van der Waals surface area contributed by atoms with Gasteiger partial charge in [0.1, 0.15) is 0 Å². The lowest BCUT2D eigenvalue weighted by Crippen LogP contribution is -2.42. The summed E-state index contributed by atoms with van der Waals surface area (Å²) in [6, 6.07) is 20.2. The highest BCUT2D eigenvalue weighted by atomic mass is 32.2. The van der Waals surface area contributed by atoms with Crippen LogP contribution < -0.4 is 0 Å². The smallest absolute Gasteiger partial charge is 0.257 e. The minimum Gasteiger partial charge on any atom is -0.293 e. The van der Waals surface area contributed by atoms with Crippen LogP contribution in [0.25, 0.3) is 6.08 Å². The van der Waals surface area contributed by atoms with E-state index in [0.29, 0.717) is 6.42 Å². The molecule has 2 aromatic rings. The van der Waals surface area contributed by atoms with E-state index in [2.05, 4.69) is 30.3 Å². The largest absolute Gasteiger partial charge is 0.293 e. The predicted molar refractivity (Wildman–Crippen MR) is 135 cm³/mol. The van der Waals surface area contributed by atoms with Gasteiger partial charge in [-0.05, 0) is 55.5 Å². The molecule has 0 radical (unpaired) electrons. The van der Waals surface area contributed by atoms with Crippen molar-refractivity contribution in [2.75, 3.05) is 25.1 Å². The lowest BCUT2D eigenvalue weighted by molar-refractivity contribution is -0.135. The number of fused-ring (bicyclic) bond motifs is 1. The Morgan fingerprint density at radius 2 is 1.79 bits per heavy atom. The molecule has 1 saturated carbocycles. The van der Waals surface area contributed by atoms with Crippen LogP contribution in [0.15, 0.2) is 71.3 Å². The van der Waals surface area contributed by atoms with Crippen LogP contribution in [-0.4, -0.2) is 61.1 Å². The summed E-state index contributed by atoms with van der Waals surface area (Å²) in [5, 5.41) is 6.62. The molecule has 0 aromatic heterocycles. The standard InChI is InChI=1S/C27H31N3O3S/c1-29(23-15-16-34(32,33)19-23)18-25(31)30-27(21-11-6-3-7-12-21)24-14-8-13-22(26(24)28-30)17-20-9-4-2-5-10-20/h2-7,9-12,17,23-24,27H,8,13-16,18-19H2,1H3. The van der Waals surface area contributed by atoms with Gasteiger partial charge in [0.15, 0.2) is 9.84 Å². The first kappa shape index (κ1) is 23.0. The number of benzene rings is 2. The monoisotopic (exact) mass is 477 g/mol. The Labute approximate surface area is 201 Å². The van der Waals surface area contributed by atoms with Crippen molar-refractivity contribution in [2.24, 2.45) is 11.0 Å². The Kier molecular flexibility index (Phi) is 6.40. The maximum Gasteiger partial charge on any atom is 0.257 e. The van der Waals surface area contributed by atoms with Crippen molar-refractivity contribution in [1.29, 1.82) is 0 Å². The van der Waals surface area contributed by atoms with Crippen molar-refractivity contribution in [3.8, 4) is 0 Å². The van der Waals surface area contributed by atoms with E-state index < -0.39 is 9.84 Å². The molecule has 5 rings (SSSR count). The van der Waals surface area contributed by atoms with E-state index in [1.807, 2.05) is 48.3 Å². The third-order valence-corrected chi connectivity index (χ3v) is 9.01. The van der Waals surface area contributed by atoms with Crippen molar-refractivity contribution >= 4 is 27.5 Å². The number of hydrazone groups is 1. The van der Waals surface area contributed by atoms with Gasteiger partial charge in [-0.2, -0.15) is 5.10 Å². The predicted octanol–water partition coefficient (Wildman–Crippen LogP) is 3.93. The molecule has 2 heterocycles. The minimum atomic E-state index is -3.00. The zero-order valence-electron chi connectivity index (χ0n) is 19.5. The highest BCUT2D eigenvalue weighted by Crippen LogP contribution is 2.44. The van der Waals surface area contributed by atoms with Crippen molar-refractivity contribution in [3.05, 3.63) is 77.4 Å². The fraction of sp³-hybridized carbons (Fsp3) is 0.407. The van der Waals surface area contributed by atoms with E-state index in [0.717, 1.165) is 36.1 Å². The Morgan fingerprint density at radius 3 is 2.47 bits per heavy atom. The highest BCUT2D eigenvalue weighted by molar-refractivity contribution is 7.91. The molecule has 7 heteroatoms. The number of amides is 1. The van der Waals surface area contributed by atoms with Crippen LogP contribution in [0.3, 0.4) is 0 Å². The molecule has 6 nitrogen and oxygen atoms in total. The van der Waals surface area contributed by atoms with Crippen molar-refractivity contribution in [1.82, 2.24) is 9.91 Å². The number of sulfone groups is 1. The van der Waals surface area contributed by atoms with E-state index >= 15 is 0 Å². The number of allylic oxidation sites excluding steroid dienone is 1. The normalized spacial score (nSPS) is 27.1. The second kappa shape index (κ2) is 9.47. The lowest BCUT2D eigenvalue weighted by atomic mass is 9.77. The minimum absolute atomic E-state index is 0.0818. The van der Waals surface area contributed by atoms with Crippen LogP contribution >= 0.6 is 0 Å². The molecule has 0 N–H and O–H groups in total. The molecule has 1 amide bonds. The number of rotatable bonds is 5. The summed E-state index contributed by atoms with van der Waals surface area (Å²) in [6.07, 6.45) is 5.79. The summed E-state index contributed by atoms with van der Waals surface area (Å²) >= 11 is 0. The molecule has 1 aliphatic carbocycles. The average molecular weight is 478 g/mol. The number of carbonyl (C=O) groups excluding carboxylic acids is 1. The molecule has 0 bridgehead atoms. The highest BCUT2D eigenvalue weighted by Gasteiger charge is 2.44. The number of hydrogen-bond donors (Lipinski definition) is 0. The Morgan fingerprint density at radius 1 is 1.09 bits per heavy atom. The van der Waals surface area contributed by atoms with Crippen LogP contribution in [-0.2, 0) is 14.6 Å². The molecular formula is C27H31N3O3S. The molecule has 2 fully saturated rings. The quantitative estimate of drug-likeness (QED) is 0.654. The molecule has 0 spiro atoms. The summed E-state index contributed by atoms with van der Waals surface area (Å²) in [4.78, 5) is 15.5. The second-order valence-electron chi connectivity index (χ2n) is 9.63. The van der Waals surface area contributed by atoms with Gasteiger partial charge < -0.3 is 0 Å². The van der Waals surface area contributed by atoms with Gasteiger partial charge in [0.2, 0.25) is 0 Å². The molecule has 3 unspecified atom stereocenters. The number of carbonyl (C=O) groups is 1. The SMILES string of the molecule is CN(CC(=O)N1N=C2C(=Cc3ccccc3)CCCC2C1c1ccccc1)C1CCS(=O)(=O)C1. The van der Waals surface area contributed by atoms with Gasteiger partial charge in [0.05, 0.1) is 29.8 Å². The Bertz CT molecular complexity index is 1210. The molecule has 178 valence electrons. The molecule has 1 saturated heterocycles. The van der Waals surface area contributed by atoms with Crippen LogP contribution in [0.4, 0.5) is 0 Å². The zero-order valence-corrected chi connectivity index (χ0v) is 20.3. The van der Waals surface area contributed by atoms with Crippen molar-refractivity contribution < 1.29 is 13.2 Å². The topological polar surface area (TPSA) is 70.1 Å². The average Bonchev–Trinajstić information content (AvgIpc) is 3.41. The van der Waals surface area contributed by atoms with Gasteiger partial charge >= 0.3 is 0 Å². The van der Waals surface area contributed by atoms with E-state index in [9.17, 15) is 13.2 Å². The van der Waals surface area contributed by atoms with E-state index in [1.165, 1.54) is 5.57 Å². The molecular weight excluding hydrogens is 446 g/mol. The molecule has 3 atom stereocenters. The van der Waals surface area contributed by atoms with Crippen LogP contribution in [0.5, 0.6) is 0 Å². The summed E-state index contributed by atoms with van der Waals surface area (Å²) in [7, 11) is -1.16. The van der Waals surface area contributed by atoms with Gasteiger partial charge in [-0.25, -0.2) is 13.4 Å². The third-order valence-electron chi connectivity index (χ3n) is 7.26. The van der Waals surface area contributed by atoms with Crippen LogP contribution in [0, 0.1) is 5.92 Å². The summed E-state index contributed by atoms with van der Waals surface area (Å²) in [6.45, 7) is 0.157. The van der Waals surface area contributed by atoms with Gasteiger partial charge in [0, 0.05) is 12.0 Å². The van der Waals surface area contributed by atoms with Gasteiger partial charge in [0.25, 0.3) is 5.91 Å². The van der Waals surface area contributed by atoms with E-state index in [-0.39, 0.29) is 42.0 Å². The van der Waals surface area contributed by atoms with Gasteiger partial charge in [-0.1, -0.05) is 60.7 Å². The summed E-state index contributed by atoms with van der Waals surface area (Å²) in [5.41, 5.74) is 4.45. The van der Waals surface area contributed by atoms with Crippen LogP contribution in [0.1, 0.15) is 42.9 Å². The first-order chi connectivity index (χ1) is 16.4. The number of nitrogens with zero attached hydrogens (tertiary/aromatic N) is 3. The van der Waals surface area contributed by atoms with Gasteiger partial charge in [-0.3, -0.25) is 9.69 Å². The molecule has 3 aliphatic rings. The molecule has 2 aromatic carbocycles. The van der Waals surface area contributed by atoms with E-state index in [1.54, 1.807) is 5.01 Å². The summed E-state index contributed by atoms with van der Waals surface area (Å²) in [5.74, 6) is 0.402. The molecule has 2 aliphatic heterocycles. The number of hydrogen-bond acceptors (Lipinski definition) is 5. The van der Waals surface area contributed by atoms with Crippen molar-refractivity contribution in [2.45, 2.75) is 37.8 Å². The maximum absolute atomic E-state index is 13.6. The Hall–Kier alpha value is -2.77. The summed E-state index contributed by atoms with van der Waals surface area (Å²) < 4.78 is 23.9. The first-order valence-corrected chi connectivity index (χ1v) is 13.9. The van der Waals surface area contributed by atoms with Crippen LogP contribution in [0.2, 0.25) is 0 Å². The second-order valence-corrected chi connectivity index (χ2v) is 11.9. The van der Waals surface area contributed by atoms with Gasteiger partial charge in [-0.15, -0.1) is 0 Å². The van der Waals surface area contributed by atoms with E-state index in [4.69, 9.17) is 5.10 Å². The fourth-order valence-corrected chi connectivity index (χ4v) is 7.28. The zero-order chi connectivity index (χ0) is 23.7. The molecule has 34 heavy (non-hydrogen) atoms. The lowest BCUT2D eigenvalue weighted by Gasteiger charge is -2.31. The Balaban J connectivity index is 1.45. The van der Waals surface area contributed by atoms with Crippen molar-refractivity contribution in [3.63, 3.8) is 0 Å². The third kappa shape index (κ3) is 4.72. The number of likely N-dealkylation sites (N-methyl/N-ethyl adjacent to an activating group) is 1.